The molecule has 0 bridgehead atoms. The van der Waals surface area contributed by atoms with Gasteiger partial charge < -0.3 is 9.52 Å². The first-order chi connectivity index (χ1) is 10.5. The quantitative estimate of drug-likeness (QED) is 0.852. The van der Waals surface area contributed by atoms with Crippen molar-refractivity contribution < 1.29 is 35.9 Å². The molecule has 2 rings (SSSR count). The molecule has 3 nitrogen and oxygen atoms in total. The van der Waals surface area contributed by atoms with Gasteiger partial charge in [-0.3, -0.25) is 0 Å². The van der Waals surface area contributed by atoms with Crippen molar-refractivity contribution in [2.45, 2.75) is 25.7 Å². The van der Waals surface area contributed by atoms with Gasteiger partial charge in [0, 0.05) is 18.6 Å². The maximum Gasteiger partial charge on any atom is 0.416 e. The SMILES string of the molecule is Cc1oc(-c2cc(C(F)(F)F)cc(C(F)(F)F)c2)nc1CCO. The fraction of sp³-hybridized carbons (Fsp3) is 0.357. The summed E-state index contributed by atoms with van der Waals surface area (Å²) >= 11 is 0. The van der Waals surface area contributed by atoms with Crippen LogP contribution in [0.25, 0.3) is 11.5 Å². The van der Waals surface area contributed by atoms with Crippen LogP contribution in [0.4, 0.5) is 26.3 Å². The third kappa shape index (κ3) is 3.84. The summed E-state index contributed by atoms with van der Waals surface area (Å²) in [6.45, 7) is 1.18. The first kappa shape index (κ1) is 17.3. The number of aliphatic hydroxyl groups excluding tert-OH is 1. The van der Waals surface area contributed by atoms with Crippen molar-refractivity contribution in [1.29, 1.82) is 0 Å². The highest BCUT2D eigenvalue weighted by molar-refractivity contribution is 5.57. The normalized spacial score (nSPS) is 12.7. The lowest BCUT2D eigenvalue weighted by Crippen LogP contribution is -2.11. The van der Waals surface area contributed by atoms with Crippen LogP contribution in [0.2, 0.25) is 0 Å². The Morgan fingerprint density at radius 3 is 1.96 bits per heavy atom. The molecule has 126 valence electrons. The Balaban J connectivity index is 2.59. The fourth-order valence-corrected chi connectivity index (χ4v) is 1.97. The Morgan fingerprint density at radius 2 is 1.52 bits per heavy atom. The zero-order valence-corrected chi connectivity index (χ0v) is 11.7. The summed E-state index contributed by atoms with van der Waals surface area (Å²) in [5.41, 5.74) is -3.04. The second kappa shape index (κ2) is 5.88. The molecule has 23 heavy (non-hydrogen) atoms. The maximum atomic E-state index is 12.8. The first-order valence-corrected chi connectivity index (χ1v) is 6.39. The van der Waals surface area contributed by atoms with Gasteiger partial charge in [0.1, 0.15) is 5.76 Å². The molecule has 0 saturated carbocycles. The van der Waals surface area contributed by atoms with Crippen LogP contribution in [0.3, 0.4) is 0 Å². The molecule has 0 unspecified atom stereocenters. The van der Waals surface area contributed by atoms with Crippen molar-refractivity contribution >= 4 is 0 Å². The molecule has 1 heterocycles. The molecule has 1 aromatic heterocycles. The molecule has 1 aromatic carbocycles. The van der Waals surface area contributed by atoms with Gasteiger partial charge in [0.25, 0.3) is 0 Å². The molecule has 2 aromatic rings. The lowest BCUT2D eigenvalue weighted by molar-refractivity contribution is -0.143. The average molecular weight is 339 g/mol. The van der Waals surface area contributed by atoms with E-state index in [-0.39, 0.29) is 36.4 Å². The zero-order valence-electron chi connectivity index (χ0n) is 11.7. The summed E-state index contributed by atoms with van der Waals surface area (Å²) in [6, 6.07) is 1.13. The average Bonchev–Trinajstić information content (AvgIpc) is 2.78. The van der Waals surface area contributed by atoms with E-state index in [0.717, 1.165) is 0 Å². The predicted octanol–water partition coefficient (Wildman–Crippen LogP) is 4.22. The van der Waals surface area contributed by atoms with Crippen LogP contribution >= 0.6 is 0 Å². The predicted molar refractivity (Wildman–Crippen MR) is 67.5 cm³/mol. The monoisotopic (exact) mass is 339 g/mol. The van der Waals surface area contributed by atoms with Crippen LogP contribution in [0, 0.1) is 6.92 Å². The zero-order chi connectivity index (χ0) is 17.4. The second-order valence-electron chi connectivity index (χ2n) is 4.79. The van der Waals surface area contributed by atoms with Crippen LogP contribution in [-0.4, -0.2) is 16.7 Å². The van der Waals surface area contributed by atoms with Gasteiger partial charge in [-0.05, 0) is 25.1 Å². The summed E-state index contributed by atoms with van der Waals surface area (Å²) in [6.07, 6.45) is -9.79. The molecule has 0 atom stereocenters. The van der Waals surface area contributed by atoms with Gasteiger partial charge in [0.2, 0.25) is 5.89 Å². The summed E-state index contributed by atoms with van der Waals surface area (Å²) in [7, 11) is 0. The van der Waals surface area contributed by atoms with E-state index < -0.39 is 29.0 Å². The largest absolute Gasteiger partial charge is 0.441 e. The molecule has 0 aliphatic carbocycles. The van der Waals surface area contributed by atoms with Crippen molar-refractivity contribution in [3.63, 3.8) is 0 Å². The minimum Gasteiger partial charge on any atom is -0.441 e. The molecule has 0 saturated heterocycles. The van der Waals surface area contributed by atoms with Crippen LogP contribution in [0.5, 0.6) is 0 Å². The van der Waals surface area contributed by atoms with E-state index in [4.69, 9.17) is 9.52 Å². The Kier molecular flexibility index (Phi) is 4.43. The van der Waals surface area contributed by atoms with Gasteiger partial charge in [0.05, 0.1) is 16.8 Å². The summed E-state index contributed by atoms with van der Waals surface area (Å²) in [4.78, 5) is 3.85. The molecular weight excluding hydrogens is 328 g/mol. The molecule has 0 amide bonds. The number of alkyl halides is 6. The number of nitrogens with zero attached hydrogens (tertiary/aromatic N) is 1. The van der Waals surface area contributed by atoms with Gasteiger partial charge in [-0.2, -0.15) is 26.3 Å². The van der Waals surface area contributed by atoms with E-state index in [1.54, 1.807) is 0 Å². The number of hydrogen-bond donors (Lipinski definition) is 1. The number of hydrogen-bond acceptors (Lipinski definition) is 3. The van der Waals surface area contributed by atoms with Crippen LogP contribution in [-0.2, 0) is 18.8 Å². The summed E-state index contributed by atoms with van der Waals surface area (Å²) in [5, 5.41) is 8.85. The highest BCUT2D eigenvalue weighted by Crippen LogP contribution is 2.38. The van der Waals surface area contributed by atoms with Crippen molar-refractivity contribution in [1.82, 2.24) is 4.98 Å². The Labute approximate surface area is 126 Å². The van der Waals surface area contributed by atoms with Gasteiger partial charge in [-0.1, -0.05) is 0 Å². The highest BCUT2D eigenvalue weighted by Gasteiger charge is 2.37. The Bertz CT molecular complexity index is 670. The van der Waals surface area contributed by atoms with Crippen molar-refractivity contribution in [2.24, 2.45) is 0 Å². The van der Waals surface area contributed by atoms with Gasteiger partial charge >= 0.3 is 12.4 Å². The van der Waals surface area contributed by atoms with E-state index in [0.29, 0.717) is 12.1 Å². The number of aromatic nitrogens is 1. The van der Waals surface area contributed by atoms with Gasteiger partial charge in [-0.15, -0.1) is 0 Å². The lowest BCUT2D eigenvalue weighted by Gasteiger charge is -2.13. The van der Waals surface area contributed by atoms with Crippen molar-refractivity contribution in [3.8, 4) is 11.5 Å². The molecule has 0 radical (unpaired) electrons. The Morgan fingerprint density at radius 1 is 1.00 bits per heavy atom. The number of benzene rings is 1. The number of aliphatic hydroxyl groups is 1. The molecule has 0 aliphatic rings. The third-order valence-electron chi connectivity index (χ3n) is 3.08. The molecular formula is C14H11F6NO2. The number of oxazole rings is 1. The summed E-state index contributed by atoms with van der Waals surface area (Å²) < 4.78 is 82.0. The van der Waals surface area contributed by atoms with Crippen LogP contribution < -0.4 is 0 Å². The number of aryl methyl sites for hydroxylation is 1. The molecule has 0 aliphatic heterocycles. The molecule has 9 heteroatoms. The fourth-order valence-electron chi connectivity index (χ4n) is 1.97. The van der Waals surface area contributed by atoms with Gasteiger partial charge in [0.15, 0.2) is 0 Å². The maximum absolute atomic E-state index is 12.8. The Hall–Kier alpha value is -2.03. The van der Waals surface area contributed by atoms with Gasteiger partial charge in [-0.25, -0.2) is 4.98 Å². The number of rotatable bonds is 3. The van der Waals surface area contributed by atoms with E-state index in [9.17, 15) is 26.3 Å². The minimum absolute atomic E-state index is 0.0356. The standard InChI is InChI=1S/C14H11F6NO2/c1-7-11(2-3-22)21-12(23-7)8-4-9(13(15,16)17)6-10(5-8)14(18,19)20/h4-6,22H,2-3H2,1H3. The lowest BCUT2D eigenvalue weighted by atomic mass is 10.0. The minimum atomic E-state index is -4.94. The first-order valence-electron chi connectivity index (χ1n) is 6.39. The summed E-state index contributed by atoms with van der Waals surface area (Å²) in [5.74, 6) is -0.137. The molecule has 1 N–H and O–H groups in total. The van der Waals surface area contributed by atoms with Crippen LogP contribution in [0.1, 0.15) is 22.6 Å². The van der Waals surface area contributed by atoms with Crippen molar-refractivity contribution in [2.75, 3.05) is 6.61 Å². The highest BCUT2D eigenvalue weighted by atomic mass is 19.4. The number of halogens is 6. The second-order valence-corrected chi connectivity index (χ2v) is 4.79. The van der Waals surface area contributed by atoms with E-state index in [2.05, 4.69) is 4.98 Å². The van der Waals surface area contributed by atoms with E-state index in [1.807, 2.05) is 0 Å². The third-order valence-corrected chi connectivity index (χ3v) is 3.08. The van der Waals surface area contributed by atoms with Crippen molar-refractivity contribution in [3.05, 3.63) is 40.8 Å². The molecule has 0 spiro atoms. The smallest absolute Gasteiger partial charge is 0.416 e. The van der Waals surface area contributed by atoms with Crippen LogP contribution in [0.15, 0.2) is 22.6 Å². The van der Waals surface area contributed by atoms with E-state index in [1.165, 1.54) is 6.92 Å². The molecule has 0 fully saturated rings. The van der Waals surface area contributed by atoms with E-state index >= 15 is 0 Å². The topological polar surface area (TPSA) is 46.3 Å².